The number of nitrogens with one attached hydrogen (secondary N) is 1. The van der Waals surface area contributed by atoms with Crippen molar-refractivity contribution < 1.29 is 14.3 Å². The van der Waals surface area contributed by atoms with Gasteiger partial charge in [0, 0.05) is 0 Å². The maximum absolute atomic E-state index is 13.8. The minimum Gasteiger partial charge on any atom is -0.493 e. The topological polar surface area (TPSA) is 47.6 Å². The van der Waals surface area contributed by atoms with Crippen molar-refractivity contribution in [3.8, 4) is 22.6 Å². The molecule has 0 bridgehead atoms. The highest BCUT2D eigenvalue weighted by Crippen LogP contribution is 2.51. The maximum atomic E-state index is 13.8. The molecule has 2 aliphatic rings. The highest BCUT2D eigenvalue weighted by Gasteiger charge is 2.48. The molecular weight excluding hydrogens is 422 g/mol. The Morgan fingerprint density at radius 3 is 2.00 bits per heavy atom. The Morgan fingerprint density at radius 2 is 1.38 bits per heavy atom. The van der Waals surface area contributed by atoms with E-state index in [2.05, 4.69) is 78.1 Å². The number of hydrogen-bond acceptors (Lipinski definition) is 4. The van der Waals surface area contributed by atoms with Crippen LogP contribution in [0.3, 0.4) is 0 Å². The molecule has 0 saturated heterocycles. The van der Waals surface area contributed by atoms with Crippen LogP contribution in [0, 0.1) is 0 Å². The summed E-state index contributed by atoms with van der Waals surface area (Å²) < 4.78 is 11.1. The van der Waals surface area contributed by atoms with E-state index in [1.807, 2.05) is 18.2 Å². The van der Waals surface area contributed by atoms with E-state index in [4.69, 9.17) is 9.47 Å². The second-order valence-electron chi connectivity index (χ2n) is 8.81. The van der Waals surface area contributed by atoms with E-state index in [0.717, 1.165) is 22.3 Å². The summed E-state index contributed by atoms with van der Waals surface area (Å²) in [4.78, 5) is 13.8. The number of methoxy groups -OCH3 is 2. The standard InChI is InChI=1S/C30H25NO3/c1-33-26-17-16-19-18-25(28(32)27(19)29(26)34-2)31-30(20-10-4-3-5-11-20)23-14-8-6-12-21(23)22-13-7-9-15-24(22)30/h3-17,25,31H,18H2,1-2H3. The van der Waals surface area contributed by atoms with Gasteiger partial charge in [0.1, 0.15) is 0 Å². The van der Waals surface area contributed by atoms with Crippen molar-refractivity contribution in [2.75, 3.05) is 14.2 Å². The number of carbonyl (C=O) groups is 1. The monoisotopic (exact) mass is 447 g/mol. The fourth-order valence-electron chi connectivity index (χ4n) is 5.75. The molecule has 0 heterocycles. The molecule has 34 heavy (non-hydrogen) atoms. The van der Waals surface area contributed by atoms with Gasteiger partial charge < -0.3 is 9.47 Å². The molecule has 2 aliphatic carbocycles. The quantitative estimate of drug-likeness (QED) is 0.447. The number of ether oxygens (including phenoxy) is 2. The van der Waals surface area contributed by atoms with E-state index in [-0.39, 0.29) is 5.78 Å². The van der Waals surface area contributed by atoms with Crippen molar-refractivity contribution in [2.24, 2.45) is 0 Å². The van der Waals surface area contributed by atoms with Crippen molar-refractivity contribution in [2.45, 2.75) is 18.0 Å². The lowest BCUT2D eigenvalue weighted by molar-refractivity contribution is 0.0943. The molecule has 6 rings (SSSR count). The number of benzene rings is 4. The third-order valence-electron chi connectivity index (χ3n) is 7.17. The van der Waals surface area contributed by atoms with Gasteiger partial charge in [-0.15, -0.1) is 0 Å². The van der Waals surface area contributed by atoms with E-state index in [9.17, 15) is 4.79 Å². The number of ketones is 1. The van der Waals surface area contributed by atoms with Crippen LogP contribution < -0.4 is 14.8 Å². The molecule has 1 N–H and O–H groups in total. The van der Waals surface area contributed by atoms with E-state index in [1.165, 1.54) is 11.1 Å². The molecule has 0 fully saturated rings. The summed E-state index contributed by atoms with van der Waals surface area (Å²) >= 11 is 0. The summed E-state index contributed by atoms with van der Waals surface area (Å²) in [6.07, 6.45) is 0.591. The smallest absolute Gasteiger partial charge is 0.184 e. The Morgan fingerprint density at radius 1 is 0.765 bits per heavy atom. The van der Waals surface area contributed by atoms with Crippen LogP contribution >= 0.6 is 0 Å². The average molecular weight is 448 g/mol. The lowest BCUT2D eigenvalue weighted by atomic mass is 9.79. The Balaban J connectivity index is 1.54. The lowest BCUT2D eigenvalue weighted by Crippen LogP contribution is -2.50. The van der Waals surface area contributed by atoms with Gasteiger partial charge in [-0.1, -0.05) is 84.9 Å². The van der Waals surface area contributed by atoms with Gasteiger partial charge in [0.05, 0.1) is 31.4 Å². The second-order valence-corrected chi connectivity index (χ2v) is 8.81. The van der Waals surface area contributed by atoms with Crippen molar-refractivity contribution >= 4 is 5.78 Å². The third-order valence-corrected chi connectivity index (χ3v) is 7.17. The van der Waals surface area contributed by atoms with Crippen LogP contribution in [0.15, 0.2) is 91.0 Å². The first kappa shape index (κ1) is 20.7. The van der Waals surface area contributed by atoms with Crippen LogP contribution in [0.5, 0.6) is 11.5 Å². The third kappa shape index (κ3) is 2.79. The molecule has 4 nitrogen and oxygen atoms in total. The normalized spacial score (nSPS) is 17.1. The van der Waals surface area contributed by atoms with Gasteiger partial charge >= 0.3 is 0 Å². The van der Waals surface area contributed by atoms with Crippen LogP contribution in [0.25, 0.3) is 11.1 Å². The summed E-state index contributed by atoms with van der Waals surface area (Å²) in [5.41, 5.74) is 6.76. The van der Waals surface area contributed by atoms with Crippen LogP contribution in [0.1, 0.15) is 32.6 Å². The van der Waals surface area contributed by atoms with Gasteiger partial charge in [-0.25, -0.2) is 0 Å². The molecule has 0 radical (unpaired) electrons. The largest absolute Gasteiger partial charge is 0.493 e. The zero-order valence-corrected chi connectivity index (χ0v) is 19.2. The Labute approximate surface area is 199 Å². The Bertz CT molecular complexity index is 1360. The van der Waals surface area contributed by atoms with Gasteiger partial charge in [-0.3, -0.25) is 10.1 Å². The fourth-order valence-corrected chi connectivity index (χ4v) is 5.75. The van der Waals surface area contributed by atoms with Crippen molar-refractivity contribution in [3.63, 3.8) is 0 Å². The van der Waals surface area contributed by atoms with Crippen molar-refractivity contribution in [1.82, 2.24) is 5.32 Å². The van der Waals surface area contributed by atoms with Gasteiger partial charge in [0.2, 0.25) is 0 Å². The summed E-state index contributed by atoms with van der Waals surface area (Å²) in [5.74, 6) is 1.11. The van der Waals surface area contributed by atoms with Crippen LogP contribution in [-0.2, 0) is 12.0 Å². The highest BCUT2D eigenvalue weighted by atomic mass is 16.5. The number of fused-ring (bicyclic) bond motifs is 4. The highest BCUT2D eigenvalue weighted by molar-refractivity contribution is 6.07. The molecule has 4 aromatic carbocycles. The van der Waals surface area contributed by atoms with E-state index in [1.54, 1.807) is 14.2 Å². The van der Waals surface area contributed by atoms with Gasteiger partial charge in [-0.2, -0.15) is 0 Å². The van der Waals surface area contributed by atoms with Crippen LogP contribution in [0.2, 0.25) is 0 Å². The molecule has 0 aromatic heterocycles. The van der Waals surface area contributed by atoms with E-state index >= 15 is 0 Å². The fraction of sp³-hybridized carbons (Fsp3) is 0.167. The number of Topliss-reactive ketones (excluding diaryl/α,β-unsaturated/α-hetero) is 1. The lowest BCUT2D eigenvalue weighted by Gasteiger charge is -2.36. The van der Waals surface area contributed by atoms with Crippen LogP contribution in [0.4, 0.5) is 0 Å². The molecule has 0 saturated carbocycles. The summed E-state index contributed by atoms with van der Waals surface area (Å²) in [6.45, 7) is 0. The van der Waals surface area contributed by atoms with Gasteiger partial charge in [-0.05, 0) is 45.9 Å². The molecule has 4 heteroatoms. The average Bonchev–Trinajstić information content (AvgIpc) is 3.37. The van der Waals surface area contributed by atoms with E-state index < -0.39 is 11.6 Å². The summed E-state index contributed by atoms with van der Waals surface area (Å²) in [7, 11) is 3.18. The molecule has 168 valence electrons. The SMILES string of the molecule is COc1ccc2c(c1OC)C(=O)C(NC1(c3ccccc3)c3ccccc3-c3ccccc31)C2. The molecule has 0 spiro atoms. The van der Waals surface area contributed by atoms with Crippen molar-refractivity contribution in [1.29, 1.82) is 0 Å². The van der Waals surface area contributed by atoms with Crippen LogP contribution in [-0.4, -0.2) is 26.0 Å². The zero-order valence-electron chi connectivity index (χ0n) is 19.2. The van der Waals surface area contributed by atoms with Crippen molar-refractivity contribution in [3.05, 3.63) is 119 Å². The predicted octanol–water partition coefficient (Wildman–Crippen LogP) is 5.37. The number of rotatable bonds is 5. The number of carbonyl (C=O) groups excluding carboxylic acids is 1. The molecule has 1 unspecified atom stereocenters. The molecule has 0 aliphatic heterocycles. The predicted molar refractivity (Wildman–Crippen MR) is 133 cm³/mol. The molecule has 4 aromatic rings. The first-order chi connectivity index (χ1) is 16.7. The summed E-state index contributed by atoms with van der Waals surface area (Å²) in [5, 5.41) is 3.86. The molecule has 1 atom stereocenters. The summed E-state index contributed by atoms with van der Waals surface area (Å²) in [6, 6.07) is 30.8. The first-order valence-corrected chi connectivity index (χ1v) is 11.5. The van der Waals surface area contributed by atoms with E-state index in [0.29, 0.717) is 23.5 Å². The Kier molecular flexibility index (Phi) is 4.78. The first-order valence-electron chi connectivity index (χ1n) is 11.5. The minimum absolute atomic E-state index is 0.0305. The van der Waals surface area contributed by atoms with Gasteiger partial charge in [0.15, 0.2) is 17.3 Å². The Hall–Kier alpha value is -3.89. The molecular formula is C30H25NO3. The molecule has 0 amide bonds. The number of hydrogen-bond donors (Lipinski definition) is 1. The zero-order chi connectivity index (χ0) is 23.3. The maximum Gasteiger partial charge on any atom is 0.184 e. The second kappa shape index (κ2) is 7.86. The minimum atomic E-state index is -0.645. The van der Waals surface area contributed by atoms with Gasteiger partial charge in [0.25, 0.3) is 0 Å².